The number of hydrogen-bond acceptors (Lipinski definition) is 4. The lowest BCUT2D eigenvalue weighted by Gasteiger charge is -2.04. The second-order valence-electron chi connectivity index (χ2n) is 3.76. The fourth-order valence-corrected chi connectivity index (χ4v) is 1.80. The molecule has 4 nitrogen and oxygen atoms in total. The maximum Gasteiger partial charge on any atom is 0.186 e. The first-order valence-electron chi connectivity index (χ1n) is 5.35. The molecule has 0 radical (unpaired) electrons. The average molecular weight is 244 g/mol. The Labute approximate surface area is 103 Å². The van der Waals surface area contributed by atoms with Gasteiger partial charge in [0.05, 0.1) is 5.39 Å². The summed E-state index contributed by atoms with van der Waals surface area (Å²) < 4.78 is 5.07. The molecule has 0 aliphatic heterocycles. The van der Waals surface area contributed by atoms with Crippen molar-refractivity contribution in [3.05, 3.63) is 42.2 Å². The van der Waals surface area contributed by atoms with Gasteiger partial charge in [0, 0.05) is 11.1 Å². The standard InChI is InChI=1S/C14H12O4/c1-3-5-10(15)9-6-8(4-2)13(17)14-12(9)11(16)7-18-14/h3-7,16-17H,2H2,1H3/b5-3+. The van der Waals surface area contributed by atoms with Gasteiger partial charge in [0.25, 0.3) is 0 Å². The van der Waals surface area contributed by atoms with Crippen LogP contribution in [0.1, 0.15) is 22.8 Å². The summed E-state index contributed by atoms with van der Waals surface area (Å²) in [4.78, 5) is 11.9. The number of carbonyl (C=O) groups excluding carboxylic acids is 1. The Hall–Kier alpha value is -2.49. The second kappa shape index (κ2) is 4.41. The number of ketones is 1. The van der Waals surface area contributed by atoms with Gasteiger partial charge in [-0.1, -0.05) is 18.7 Å². The van der Waals surface area contributed by atoms with Crippen LogP contribution in [0.25, 0.3) is 17.0 Å². The summed E-state index contributed by atoms with van der Waals surface area (Å²) in [6.07, 6.45) is 5.49. The first-order valence-corrected chi connectivity index (χ1v) is 5.35. The minimum atomic E-state index is -0.276. The average Bonchev–Trinajstić information content (AvgIpc) is 2.73. The first-order chi connectivity index (χ1) is 8.60. The van der Waals surface area contributed by atoms with E-state index < -0.39 is 0 Å². The molecule has 0 atom stereocenters. The number of carbonyl (C=O) groups is 1. The summed E-state index contributed by atoms with van der Waals surface area (Å²) in [5.74, 6) is -0.594. The van der Waals surface area contributed by atoms with Crippen LogP contribution in [0, 0.1) is 0 Å². The van der Waals surface area contributed by atoms with E-state index in [1.807, 2.05) is 0 Å². The van der Waals surface area contributed by atoms with Crippen LogP contribution in [0.4, 0.5) is 0 Å². The van der Waals surface area contributed by atoms with E-state index >= 15 is 0 Å². The largest absolute Gasteiger partial charge is 0.504 e. The Balaban J connectivity index is 2.86. The molecule has 1 aromatic heterocycles. The number of phenols is 1. The fraction of sp³-hybridized carbons (Fsp3) is 0.0714. The SMILES string of the molecule is C=Cc1cc(C(=O)/C=C/C)c2c(O)coc2c1O. The van der Waals surface area contributed by atoms with Crippen molar-refractivity contribution in [2.45, 2.75) is 6.92 Å². The van der Waals surface area contributed by atoms with E-state index in [1.165, 1.54) is 18.2 Å². The van der Waals surface area contributed by atoms with Crippen molar-refractivity contribution in [2.24, 2.45) is 0 Å². The van der Waals surface area contributed by atoms with Crippen molar-refractivity contribution >= 4 is 22.8 Å². The summed E-state index contributed by atoms with van der Waals surface area (Å²) in [7, 11) is 0. The number of allylic oxidation sites excluding steroid dienone is 2. The molecule has 0 spiro atoms. The molecule has 0 aliphatic carbocycles. The van der Waals surface area contributed by atoms with Crippen LogP contribution in [0.15, 0.2) is 35.5 Å². The van der Waals surface area contributed by atoms with Crippen molar-refractivity contribution in [3.63, 3.8) is 0 Å². The highest BCUT2D eigenvalue weighted by Crippen LogP contribution is 2.39. The summed E-state index contributed by atoms with van der Waals surface area (Å²) >= 11 is 0. The maximum absolute atomic E-state index is 11.9. The lowest BCUT2D eigenvalue weighted by molar-refractivity contribution is 0.104. The molecule has 0 amide bonds. The summed E-state index contributed by atoms with van der Waals surface area (Å²) in [6.45, 7) is 5.28. The summed E-state index contributed by atoms with van der Waals surface area (Å²) in [5, 5.41) is 19.8. The van der Waals surface area contributed by atoms with Crippen LogP contribution in [0.2, 0.25) is 0 Å². The van der Waals surface area contributed by atoms with Gasteiger partial charge in [0.15, 0.2) is 22.9 Å². The Kier molecular flexibility index (Phi) is 2.93. The van der Waals surface area contributed by atoms with Crippen LogP contribution in [-0.2, 0) is 0 Å². The molecule has 0 saturated heterocycles. The van der Waals surface area contributed by atoms with Crippen LogP contribution in [0.3, 0.4) is 0 Å². The van der Waals surface area contributed by atoms with Crippen molar-refractivity contribution in [1.82, 2.24) is 0 Å². The molecule has 18 heavy (non-hydrogen) atoms. The van der Waals surface area contributed by atoms with Crippen LogP contribution >= 0.6 is 0 Å². The third-order valence-corrected chi connectivity index (χ3v) is 2.63. The highest BCUT2D eigenvalue weighted by molar-refractivity contribution is 6.15. The number of fused-ring (bicyclic) bond motifs is 1. The molecule has 0 aliphatic rings. The predicted molar refractivity (Wildman–Crippen MR) is 68.8 cm³/mol. The molecule has 0 saturated carbocycles. The molecule has 0 fully saturated rings. The van der Waals surface area contributed by atoms with Gasteiger partial charge in [-0.3, -0.25) is 4.79 Å². The minimum Gasteiger partial charge on any atom is -0.504 e. The molecule has 92 valence electrons. The lowest BCUT2D eigenvalue weighted by atomic mass is 10.0. The maximum atomic E-state index is 11.9. The van der Waals surface area contributed by atoms with Gasteiger partial charge in [0.1, 0.15) is 6.26 Å². The van der Waals surface area contributed by atoms with Gasteiger partial charge in [-0.05, 0) is 19.1 Å². The van der Waals surface area contributed by atoms with E-state index in [0.717, 1.165) is 6.26 Å². The topological polar surface area (TPSA) is 70.7 Å². The van der Waals surface area contributed by atoms with Gasteiger partial charge in [-0.25, -0.2) is 0 Å². The van der Waals surface area contributed by atoms with E-state index in [9.17, 15) is 15.0 Å². The zero-order valence-electron chi connectivity index (χ0n) is 9.80. The second-order valence-corrected chi connectivity index (χ2v) is 3.76. The number of phenolic OH excluding ortho intramolecular Hbond substituents is 1. The molecule has 0 unspecified atom stereocenters. The third kappa shape index (κ3) is 1.68. The number of furan rings is 1. The lowest BCUT2D eigenvalue weighted by Crippen LogP contribution is -1.96. The highest BCUT2D eigenvalue weighted by Gasteiger charge is 2.19. The monoisotopic (exact) mass is 244 g/mol. The van der Waals surface area contributed by atoms with Crippen molar-refractivity contribution < 1.29 is 19.4 Å². The van der Waals surface area contributed by atoms with E-state index in [-0.39, 0.29) is 33.8 Å². The molecule has 1 aromatic carbocycles. The summed E-state index contributed by atoms with van der Waals surface area (Å²) in [6, 6.07) is 1.47. The van der Waals surface area contributed by atoms with Gasteiger partial charge in [-0.15, -0.1) is 0 Å². The van der Waals surface area contributed by atoms with Gasteiger partial charge in [0.2, 0.25) is 0 Å². The van der Waals surface area contributed by atoms with Crippen molar-refractivity contribution in [2.75, 3.05) is 0 Å². The Bertz CT molecular complexity index is 662. The number of hydrogen-bond donors (Lipinski definition) is 2. The Morgan fingerprint density at radius 1 is 1.44 bits per heavy atom. The molecule has 2 aromatic rings. The van der Waals surface area contributed by atoms with Crippen LogP contribution in [0.5, 0.6) is 11.5 Å². The van der Waals surface area contributed by atoms with Gasteiger partial charge >= 0.3 is 0 Å². The van der Waals surface area contributed by atoms with Crippen LogP contribution < -0.4 is 0 Å². The molecule has 2 rings (SSSR count). The minimum absolute atomic E-state index is 0.0813. The van der Waals surface area contributed by atoms with Crippen molar-refractivity contribution in [1.29, 1.82) is 0 Å². The predicted octanol–water partition coefficient (Wildman–Crippen LogP) is 3.25. The van der Waals surface area contributed by atoms with E-state index in [2.05, 4.69) is 6.58 Å². The fourth-order valence-electron chi connectivity index (χ4n) is 1.80. The van der Waals surface area contributed by atoms with Gasteiger partial charge < -0.3 is 14.6 Å². The third-order valence-electron chi connectivity index (χ3n) is 2.63. The number of benzene rings is 1. The molecule has 1 heterocycles. The highest BCUT2D eigenvalue weighted by atomic mass is 16.4. The number of rotatable bonds is 3. The molecule has 2 N–H and O–H groups in total. The summed E-state index contributed by atoms with van der Waals surface area (Å²) in [5.41, 5.74) is 0.726. The van der Waals surface area contributed by atoms with E-state index in [4.69, 9.17) is 4.42 Å². The molecule has 4 heteroatoms. The number of aromatic hydroxyl groups is 2. The Morgan fingerprint density at radius 2 is 2.17 bits per heavy atom. The molecule has 0 bridgehead atoms. The molecular weight excluding hydrogens is 232 g/mol. The smallest absolute Gasteiger partial charge is 0.186 e. The van der Waals surface area contributed by atoms with E-state index in [0.29, 0.717) is 5.56 Å². The Morgan fingerprint density at radius 3 is 2.78 bits per heavy atom. The molecular formula is C14H12O4. The van der Waals surface area contributed by atoms with Crippen LogP contribution in [-0.4, -0.2) is 16.0 Å². The van der Waals surface area contributed by atoms with Crippen molar-refractivity contribution in [3.8, 4) is 11.5 Å². The van der Waals surface area contributed by atoms with E-state index in [1.54, 1.807) is 13.0 Å². The first kappa shape index (κ1) is 12.0. The van der Waals surface area contributed by atoms with Gasteiger partial charge in [-0.2, -0.15) is 0 Å². The zero-order valence-corrected chi connectivity index (χ0v) is 9.80. The zero-order chi connectivity index (χ0) is 13.3. The quantitative estimate of drug-likeness (QED) is 0.642. The normalized spacial score (nSPS) is 11.2.